The summed E-state index contributed by atoms with van der Waals surface area (Å²) < 4.78 is 41.5. The Morgan fingerprint density at radius 3 is 2.24 bits per heavy atom. The zero-order valence-corrected chi connectivity index (χ0v) is 14.5. The zero-order valence-electron chi connectivity index (χ0n) is 13.7. The minimum Gasteiger partial charge on any atom is -0.311 e. The first-order chi connectivity index (χ1) is 11.7. The molecule has 0 bridgehead atoms. The maximum absolute atomic E-state index is 13.3. The Kier molecular flexibility index (Phi) is 5.94. The van der Waals surface area contributed by atoms with Gasteiger partial charge in [-0.3, -0.25) is 10.1 Å². The highest BCUT2D eigenvalue weighted by molar-refractivity contribution is 8.00. The Hall–Kier alpha value is -2.22. The van der Waals surface area contributed by atoms with Gasteiger partial charge in [0.15, 0.2) is 0 Å². The molecule has 8 heteroatoms. The molecule has 0 unspecified atom stereocenters. The fourth-order valence-electron chi connectivity index (χ4n) is 2.20. The predicted molar refractivity (Wildman–Crippen MR) is 92.6 cm³/mol. The third-order valence-electron chi connectivity index (χ3n) is 3.27. The number of nitro benzene ring substituents is 1. The molecule has 2 aromatic rings. The third-order valence-corrected chi connectivity index (χ3v) is 4.32. The second kappa shape index (κ2) is 7.77. The summed E-state index contributed by atoms with van der Waals surface area (Å²) in [5.74, 6) is 0.131. The van der Waals surface area contributed by atoms with Crippen molar-refractivity contribution in [2.45, 2.75) is 24.9 Å². The Morgan fingerprint density at radius 1 is 1.12 bits per heavy atom. The van der Waals surface area contributed by atoms with Crippen LogP contribution in [-0.2, 0) is 6.18 Å². The minimum atomic E-state index is -4.46. The summed E-state index contributed by atoms with van der Waals surface area (Å²) in [7, 11) is 0. The van der Waals surface area contributed by atoms with Gasteiger partial charge in [0.05, 0.1) is 16.2 Å². The van der Waals surface area contributed by atoms with Crippen molar-refractivity contribution in [2.24, 2.45) is 5.92 Å². The molecule has 0 radical (unpaired) electrons. The van der Waals surface area contributed by atoms with E-state index in [-0.39, 0.29) is 17.3 Å². The lowest BCUT2D eigenvalue weighted by atomic mass is 10.1. The molecule has 4 nitrogen and oxygen atoms in total. The van der Waals surface area contributed by atoms with Crippen LogP contribution in [0, 0.1) is 16.0 Å². The maximum atomic E-state index is 13.3. The molecule has 0 N–H and O–H groups in total. The van der Waals surface area contributed by atoms with Crippen molar-refractivity contribution in [3.8, 4) is 0 Å². The van der Waals surface area contributed by atoms with Crippen LogP contribution in [0.25, 0.3) is 0 Å². The first-order valence-corrected chi connectivity index (χ1v) is 8.32. The number of hydrogen-bond donors (Lipinski definition) is 0. The molecule has 0 fully saturated rings. The number of rotatable bonds is 6. The molecule has 25 heavy (non-hydrogen) atoms. The number of nitrogens with zero attached hydrogens (tertiary/aromatic N) is 2. The average molecular weight is 370 g/mol. The van der Waals surface area contributed by atoms with Crippen LogP contribution in [0.1, 0.15) is 19.4 Å². The van der Waals surface area contributed by atoms with E-state index in [2.05, 4.69) is 0 Å². The van der Waals surface area contributed by atoms with E-state index < -0.39 is 16.7 Å². The van der Waals surface area contributed by atoms with Gasteiger partial charge in [0.2, 0.25) is 0 Å². The molecule has 0 aliphatic rings. The fourth-order valence-corrected chi connectivity index (χ4v) is 3.35. The van der Waals surface area contributed by atoms with Gasteiger partial charge in [0, 0.05) is 23.6 Å². The fraction of sp³-hybridized carbons (Fsp3) is 0.294. The van der Waals surface area contributed by atoms with E-state index in [1.54, 1.807) is 10.4 Å². The standard InChI is InChI=1S/C17H17F3N2O2S/c1-12(2)11-21(16-6-4-3-5-15(16)17(18,19)20)25-14-9-7-13(8-10-14)22(23)24/h3-10,12H,11H2,1-2H3. The van der Waals surface area contributed by atoms with Crippen molar-refractivity contribution in [1.82, 2.24) is 0 Å². The van der Waals surface area contributed by atoms with Crippen LogP contribution < -0.4 is 4.31 Å². The summed E-state index contributed by atoms with van der Waals surface area (Å²) in [6.07, 6.45) is -4.46. The highest BCUT2D eigenvalue weighted by Gasteiger charge is 2.35. The second-order valence-corrected chi connectivity index (χ2v) is 6.91. The van der Waals surface area contributed by atoms with Crippen molar-refractivity contribution in [3.05, 3.63) is 64.2 Å². The molecule has 0 atom stereocenters. The average Bonchev–Trinajstić information content (AvgIpc) is 2.53. The van der Waals surface area contributed by atoms with E-state index in [1.807, 2.05) is 13.8 Å². The van der Waals surface area contributed by atoms with Gasteiger partial charge in [-0.05, 0) is 42.1 Å². The molecule has 2 rings (SSSR count). The van der Waals surface area contributed by atoms with Crippen LogP contribution in [0.2, 0.25) is 0 Å². The van der Waals surface area contributed by atoms with Gasteiger partial charge >= 0.3 is 6.18 Å². The van der Waals surface area contributed by atoms with Gasteiger partial charge in [-0.2, -0.15) is 13.2 Å². The largest absolute Gasteiger partial charge is 0.418 e. The lowest BCUT2D eigenvalue weighted by Gasteiger charge is -2.28. The van der Waals surface area contributed by atoms with E-state index in [9.17, 15) is 23.3 Å². The highest BCUT2D eigenvalue weighted by Crippen LogP contribution is 2.40. The summed E-state index contributed by atoms with van der Waals surface area (Å²) in [6, 6.07) is 11.2. The van der Waals surface area contributed by atoms with E-state index in [1.165, 1.54) is 36.4 Å². The monoisotopic (exact) mass is 370 g/mol. The number of alkyl halides is 3. The molecular formula is C17H17F3N2O2S. The topological polar surface area (TPSA) is 46.4 Å². The van der Waals surface area contributed by atoms with Crippen molar-refractivity contribution in [3.63, 3.8) is 0 Å². The number of non-ortho nitro benzene ring substituents is 1. The normalized spacial score (nSPS) is 11.6. The molecule has 0 saturated carbocycles. The molecule has 0 spiro atoms. The SMILES string of the molecule is CC(C)CN(Sc1ccc([N+](=O)[O-])cc1)c1ccccc1C(F)(F)F. The number of para-hydroxylation sites is 1. The van der Waals surface area contributed by atoms with Gasteiger partial charge in [-0.1, -0.05) is 26.0 Å². The summed E-state index contributed by atoms with van der Waals surface area (Å²) in [5.41, 5.74) is -0.687. The van der Waals surface area contributed by atoms with Crippen LogP contribution in [-0.4, -0.2) is 11.5 Å². The van der Waals surface area contributed by atoms with Gasteiger partial charge in [0.1, 0.15) is 0 Å². The van der Waals surface area contributed by atoms with E-state index in [0.717, 1.165) is 18.0 Å². The van der Waals surface area contributed by atoms with Crippen molar-refractivity contribution >= 4 is 23.3 Å². The molecule has 0 heterocycles. The van der Waals surface area contributed by atoms with Crippen molar-refractivity contribution < 1.29 is 18.1 Å². The number of halogens is 3. The number of benzene rings is 2. The molecular weight excluding hydrogens is 353 g/mol. The quantitative estimate of drug-likeness (QED) is 0.367. The summed E-state index contributed by atoms with van der Waals surface area (Å²) >= 11 is 1.13. The van der Waals surface area contributed by atoms with Gasteiger partial charge in [0.25, 0.3) is 5.69 Å². The van der Waals surface area contributed by atoms with Gasteiger partial charge in [-0.25, -0.2) is 0 Å². The molecule has 134 valence electrons. The second-order valence-electron chi connectivity index (χ2n) is 5.81. The van der Waals surface area contributed by atoms with Crippen molar-refractivity contribution in [2.75, 3.05) is 10.8 Å². The van der Waals surface area contributed by atoms with E-state index in [0.29, 0.717) is 11.4 Å². The number of hydrogen-bond acceptors (Lipinski definition) is 4. The summed E-state index contributed by atoms with van der Waals surface area (Å²) in [5, 5.41) is 10.7. The lowest BCUT2D eigenvalue weighted by Crippen LogP contribution is -2.23. The Bertz CT molecular complexity index is 733. The van der Waals surface area contributed by atoms with Crippen molar-refractivity contribution in [1.29, 1.82) is 0 Å². The van der Waals surface area contributed by atoms with Crippen LogP contribution in [0.5, 0.6) is 0 Å². The smallest absolute Gasteiger partial charge is 0.311 e. The maximum Gasteiger partial charge on any atom is 0.418 e. The zero-order chi connectivity index (χ0) is 18.6. The number of nitro groups is 1. The van der Waals surface area contributed by atoms with Gasteiger partial charge in [-0.15, -0.1) is 0 Å². The highest BCUT2D eigenvalue weighted by atomic mass is 32.2. The van der Waals surface area contributed by atoms with E-state index >= 15 is 0 Å². The molecule has 0 amide bonds. The Morgan fingerprint density at radius 2 is 1.72 bits per heavy atom. The molecule has 0 aliphatic carbocycles. The molecule has 0 aliphatic heterocycles. The predicted octanol–water partition coefficient (Wildman–Crippen LogP) is 5.78. The summed E-state index contributed by atoms with van der Waals surface area (Å²) in [6.45, 7) is 4.23. The Labute approximate surface area is 147 Å². The molecule has 0 aromatic heterocycles. The van der Waals surface area contributed by atoms with Crippen LogP contribution in [0.4, 0.5) is 24.5 Å². The summed E-state index contributed by atoms with van der Waals surface area (Å²) in [4.78, 5) is 10.8. The number of anilines is 1. The van der Waals surface area contributed by atoms with Gasteiger partial charge < -0.3 is 4.31 Å². The lowest BCUT2D eigenvalue weighted by molar-refractivity contribution is -0.384. The minimum absolute atomic E-state index is 0.0598. The van der Waals surface area contributed by atoms with E-state index in [4.69, 9.17) is 0 Å². The molecule has 0 saturated heterocycles. The third kappa shape index (κ3) is 5.12. The van der Waals surface area contributed by atoms with Crippen LogP contribution in [0.15, 0.2) is 53.4 Å². The van der Waals surface area contributed by atoms with Crippen LogP contribution >= 0.6 is 11.9 Å². The molecule has 2 aromatic carbocycles. The first kappa shape index (κ1) is 19.1. The first-order valence-electron chi connectivity index (χ1n) is 7.54. The van der Waals surface area contributed by atoms with Crippen LogP contribution in [0.3, 0.4) is 0 Å². The Balaban J connectivity index is 2.36.